The van der Waals surface area contributed by atoms with Gasteiger partial charge in [-0.25, -0.2) is 4.98 Å². The third kappa shape index (κ3) is 4.30. The van der Waals surface area contributed by atoms with E-state index in [2.05, 4.69) is 25.4 Å². The Labute approximate surface area is 177 Å². The lowest BCUT2D eigenvalue weighted by Crippen LogP contribution is -2.10. The number of carbonyl (C=O) groups is 1. The van der Waals surface area contributed by atoms with E-state index in [1.165, 1.54) is 0 Å². The van der Waals surface area contributed by atoms with Crippen LogP contribution < -0.4 is 10.3 Å². The Morgan fingerprint density at radius 3 is 2.68 bits per heavy atom. The molecule has 0 aliphatic rings. The molecule has 0 atom stereocenters. The molecule has 4 rings (SSSR count). The number of benzene rings is 2. The fourth-order valence-corrected chi connectivity index (χ4v) is 3.30. The number of rotatable bonds is 7. The molecule has 9 heteroatoms. The van der Waals surface area contributed by atoms with Crippen LogP contribution in [-0.2, 0) is 16.0 Å². The largest absolute Gasteiger partial charge is 0.493 e. The highest BCUT2D eigenvalue weighted by molar-refractivity contribution is 5.77. The molecule has 0 fully saturated rings. The average molecular weight is 419 g/mol. The molecule has 0 bridgehead atoms. The third-order valence-electron chi connectivity index (χ3n) is 4.64. The molecule has 0 saturated heterocycles. The van der Waals surface area contributed by atoms with Crippen LogP contribution in [0.15, 0.2) is 47.3 Å². The molecule has 158 valence electrons. The average Bonchev–Trinajstić information content (AvgIpc) is 3.24. The number of aromatic nitrogens is 5. The summed E-state index contributed by atoms with van der Waals surface area (Å²) in [6, 6.07) is 13.3. The summed E-state index contributed by atoms with van der Waals surface area (Å²) >= 11 is 0. The van der Waals surface area contributed by atoms with Crippen molar-refractivity contribution in [2.75, 3.05) is 13.2 Å². The van der Waals surface area contributed by atoms with Crippen LogP contribution in [0, 0.1) is 0 Å². The molecule has 31 heavy (non-hydrogen) atoms. The van der Waals surface area contributed by atoms with Gasteiger partial charge in [-0.15, -0.1) is 10.2 Å². The Hall–Kier alpha value is -4.01. The Balaban J connectivity index is 1.72. The van der Waals surface area contributed by atoms with Crippen molar-refractivity contribution in [2.24, 2.45) is 0 Å². The SMILES string of the molecule is CCOC(=O)Cc1cccc(-c2ccc(-c3nc4n[nH]nc4c(=O)[nH]3)c(OCC)c2)c1. The van der Waals surface area contributed by atoms with Crippen molar-refractivity contribution in [3.8, 4) is 28.3 Å². The van der Waals surface area contributed by atoms with E-state index >= 15 is 0 Å². The van der Waals surface area contributed by atoms with Gasteiger partial charge in [-0.1, -0.05) is 30.3 Å². The Morgan fingerprint density at radius 1 is 1.03 bits per heavy atom. The van der Waals surface area contributed by atoms with Crippen molar-refractivity contribution in [1.29, 1.82) is 0 Å². The van der Waals surface area contributed by atoms with Gasteiger partial charge >= 0.3 is 5.97 Å². The predicted octanol–water partition coefficient (Wildman–Crippen LogP) is 2.88. The molecule has 0 aliphatic heterocycles. The number of H-pyrrole nitrogens is 2. The highest BCUT2D eigenvalue weighted by atomic mass is 16.5. The molecular formula is C22H21N5O4. The summed E-state index contributed by atoms with van der Waals surface area (Å²) in [4.78, 5) is 31.2. The van der Waals surface area contributed by atoms with E-state index in [1.807, 2.05) is 49.4 Å². The van der Waals surface area contributed by atoms with Gasteiger partial charge in [0.1, 0.15) is 11.6 Å². The van der Waals surface area contributed by atoms with Gasteiger partial charge in [0.15, 0.2) is 5.52 Å². The second-order valence-corrected chi connectivity index (χ2v) is 6.74. The first-order valence-electron chi connectivity index (χ1n) is 9.92. The predicted molar refractivity (Wildman–Crippen MR) is 115 cm³/mol. The van der Waals surface area contributed by atoms with Gasteiger partial charge in [-0.3, -0.25) is 9.59 Å². The summed E-state index contributed by atoms with van der Waals surface area (Å²) in [6.45, 7) is 4.46. The van der Waals surface area contributed by atoms with Crippen LogP contribution in [0.3, 0.4) is 0 Å². The second kappa shape index (κ2) is 8.78. The number of aromatic amines is 2. The van der Waals surface area contributed by atoms with E-state index in [4.69, 9.17) is 9.47 Å². The number of hydrogen-bond acceptors (Lipinski definition) is 7. The summed E-state index contributed by atoms with van der Waals surface area (Å²) in [5.74, 6) is 0.655. The van der Waals surface area contributed by atoms with Crippen molar-refractivity contribution in [2.45, 2.75) is 20.3 Å². The van der Waals surface area contributed by atoms with Crippen molar-refractivity contribution >= 4 is 17.1 Å². The van der Waals surface area contributed by atoms with Crippen LogP contribution in [-0.4, -0.2) is 44.6 Å². The van der Waals surface area contributed by atoms with E-state index in [0.29, 0.717) is 30.4 Å². The molecule has 0 aliphatic carbocycles. The van der Waals surface area contributed by atoms with E-state index < -0.39 is 0 Å². The Morgan fingerprint density at radius 2 is 1.87 bits per heavy atom. The zero-order valence-electron chi connectivity index (χ0n) is 17.1. The molecule has 9 nitrogen and oxygen atoms in total. The molecule has 0 amide bonds. The highest BCUT2D eigenvalue weighted by Crippen LogP contribution is 2.33. The smallest absolute Gasteiger partial charge is 0.310 e. The lowest BCUT2D eigenvalue weighted by atomic mass is 10.00. The summed E-state index contributed by atoms with van der Waals surface area (Å²) in [5.41, 5.74) is 3.34. The topological polar surface area (TPSA) is 123 Å². The fourth-order valence-electron chi connectivity index (χ4n) is 3.30. The molecule has 2 heterocycles. The Kier molecular flexibility index (Phi) is 5.74. The standard InChI is InChI=1S/C22H21N5O4/c1-3-30-17-12-15(14-7-5-6-13(10-14)11-18(28)31-4-2)8-9-16(17)20-23-21-19(22(29)24-20)25-27-26-21/h5-10,12H,3-4,11H2,1-2H3,(H2,23,24,25,26,27,29). The lowest BCUT2D eigenvalue weighted by Gasteiger charge is -2.12. The second-order valence-electron chi connectivity index (χ2n) is 6.74. The molecule has 4 aromatic rings. The molecule has 0 radical (unpaired) electrons. The van der Waals surface area contributed by atoms with Crippen LogP contribution in [0.1, 0.15) is 19.4 Å². The first-order valence-corrected chi connectivity index (χ1v) is 9.92. The first kappa shape index (κ1) is 20.3. The van der Waals surface area contributed by atoms with Crippen molar-refractivity contribution in [3.63, 3.8) is 0 Å². The molecule has 0 unspecified atom stereocenters. The van der Waals surface area contributed by atoms with Gasteiger partial charge in [0.05, 0.1) is 25.2 Å². The number of fused-ring (bicyclic) bond motifs is 1. The monoisotopic (exact) mass is 419 g/mol. The number of nitrogens with zero attached hydrogens (tertiary/aromatic N) is 3. The van der Waals surface area contributed by atoms with Crippen molar-refractivity contribution < 1.29 is 14.3 Å². The molecular weight excluding hydrogens is 398 g/mol. The highest BCUT2D eigenvalue weighted by Gasteiger charge is 2.15. The van der Waals surface area contributed by atoms with E-state index in [9.17, 15) is 9.59 Å². The maximum absolute atomic E-state index is 12.3. The number of nitrogens with one attached hydrogen (secondary N) is 2. The molecule has 0 spiro atoms. The number of carbonyl (C=O) groups excluding carboxylic acids is 1. The number of ether oxygens (including phenoxy) is 2. The summed E-state index contributed by atoms with van der Waals surface area (Å²) in [5, 5.41) is 10.1. The van der Waals surface area contributed by atoms with E-state index in [-0.39, 0.29) is 29.1 Å². The van der Waals surface area contributed by atoms with Crippen molar-refractivity contribution in [1.82, 2.24) is 25.4 Å². The van der Waals surface area contributed by atoms with Gasteiger partial charge in [0.2, 0.25) is 5.65 Å². The molecule has 0 saturated carbocycles. The van der Waals surface area contributed by atoms with Crippen LogP contribution in [0.25, 0.3) is 33.7 Å². The quantitative estimate of drug-likeness (QED) is 0.442. The normalized spacial score (nSPS) is 10.9. The van der Waals surface area contributed by atoms with Gasteiger partial charge in [0.25, 0.3) is 5.56 Å². The zero-order valence-corrected chi connectivity index (χ0v) is 17.1. The van der Waals surface area contributed by atoms with Crippen molar-refractivity contribution in [3.05, 3.63) is 58.4 Å². The summed E-state index contributed by atoms with van der Waals surface area (Å²) in [7, 11) is 0. The molecule has 2 aromatic heterocycles. The van der Waals surface area contributed by atoms with Gasteiger partial charge in [0, 0.05) is 0 Å². The number of esters is 1. The summed E-state index contributed by atoms with van der Waals surface area (Å²) < 4.78 is 10.9. The van der Waals surface area contributed by atoms with Gasteiger partial charge in [-0.2, -0.15) is 5.21 Å². The maximum Gasteiger partial charge on any atom is 0.310 e. The van der Waals surface area contributed by atoms with Crippen LogP contribution in [0.4, 0.5) is 0 Å². The third-order valence-corrected chi connectivity index (χ3v) is 4.64. The first-order chi connectivity index (χ1) is 15.1. The van der Waals surface area contributed by atoms with Crippen LogP contribution >= 0.6 is 0 Å². The van der Waals surface area contributed by atoms with Crippen LogP contribution in [0.5, 0.6) is 5.75 Å². The van der Waals surface area contributed by atoms with Gasteiger partial charge in [-0.05, 0) is 42.7 Å². The fraction of sp³-hybridized carbons (Fsp3) is 0.227. The zero-order chi connectivity index (χ0) is 21.8. The molecule has 2 N–H and O–H groups in total. The van der Waals surface area contributed by atoms with Gasteiger partial charge < -0.3 is 14.5 Å². The van der Waals surface area contributed by atoms with E-state index in [0.717, 1.165) is 16.7 Å². The molecule has 2 aromatic carbocycles. The minimum atomic E-state index is -0.382. The van der Waals surface area contributed by atoms with E-state index in [1.54, 1.807) is 6.92 Å². The minimum Gasteiger partial charge on any atom is -0.493 e. The lowest BCUT2D eigenvalue weighted by molar-refractivity contribution is -0.142. The minimum absolute atomic E-state index is 0.150. The Bertz CT molecular complexity index is 1290. The maximum atomic E-state index is 12.3. The summed E-state index contributed by atoms with van der Waals surface area (Å²) in [6.07, 6.45) is 0.209. The number of hydrogen-bond donors (Lipinski definition) is 2. The van der Waals surface area contributed by atoms with Crippen LogP contribution in [0.2, 0.25) is 0 Å².